The van der Waals surface area contributed by atoms with Crippen LogP contribution in [0.3, 0.4) is 0 Å². The van der Waals surface area contributed by atoms with Crippen molar-refractivity contribution in [3.05, 3.63) is 124 Å². The van der Waals surface area contributed by atoms with E-state index >= 15 is 0 Å². The highest BCUT2D eigenvalue weighted by molar-refractivity contribution is 6.30. The van der Waals surface area contributed by atoms with Crippen molar-refractivity contribution in [3.63, 3.8) is 0 Å². The number of nitrogens with zero attached hydrogens (tertiary/aromatic N) is 2. The summed E-state index contributed by atoms with van der Waals surface area (Å²) in [6, 6.07) is 29.6. The van der Waals surface area contributed by atoms with E-state index in [-0.39, 0.29) is 11.6 Å². The Labute approximate surface area is 213 Å². The van der Waals surface area contributed by atoms with Crippen LogP contribution in [0, 0.1) is 6.92 Å². The van der Waals surface area contributed by atoms with Crippen molar-refractivity contribution in [2.24, 2.45) is 0 Å². The lowest BCUT2D eigenvalue weighted by Gasteiger charge is -2.13. The predicted molar refractivity (Wildman–Crippen MR) is 146 cm³/mol. The van der Waals surface area contributed by atoms with Gasteiger partial charge in [-0.2, -0.15) is 0 Å². The van der Waals surface area contributed by atoms with Crippen LogP contribution in [0.25, 0.3) is 22.0 Å². The standard InChI is InChI=1S/C29H23ClN4O2/c1-19-31-27-15-14-25(33-29(36)32-24-8-3-2-4-9-24)17-26(27)28(35)34(19)18-20-10-12-21(13-11-20)22-6-5-7-23(30)16-22/h2-17H,18H2,1H3,(H2,32,33,36). The van der Waals surface area contributed by atoms with E-state index in [2.05, 4.69) is 15.6 Å². The Balaban J connectivity index is 1.38. The number of para-hydroxylation sites is 1. The Morgan fingerprint density at radius 2 is 1.58 bits per heavy atom. The average Bonchev–Trinajstić information content (AvgIpc) is 2.88. The zero-order chi connectivity index (χ0) is 25.1. The smallest absolute Gasteiger partial charge is 0.308 e. The highest BCUT2D eigenvalue weighted by atomic mass is 35.5. The number of carbonyl (C=O) groups is 1. The lowest BCUT2D eigenvalue weighted by Crippen LogP contribution is -2.25. The van der Waals surface area contributed by atoms with Crippen molar-refractivity contribution in [1.29, 1.82) is 0 Å². The first-order valence-electron chi connectivity index (χ1n) is 11.5. The van der Waals surface area contributed by atoms with Crippen LogP contribution >= 0.6 is 11.6 Å². The highest BCUT2D eigenvalue weighted by Gasteiger charge is 2.11. The second-order valence-electron chi connectivity index (χ2n) is 8.43. The van der Waals surface area contributed by atoms with E-state index in [9.17, 15) is 9.59 Å². The largest absolute Gasteiger partial charge is 0.323 e. The molecular weight excluding hydrogens is 472 g/mol. The Morgan fingerprint density at radius 3 is 2.33 bits per heavy atom. The van der Waals surface area contributed by atoms with Gasteiger partial charge in [0.05, 0.1) is 17.4 Å². The topological polar surface area (TPSA) is 76.0 Å². The van der Waals surface area contributed by atoms with E-state index in [1.54, 1.807) is 34.9 Å². The zero-order valence-corrected chi connectivity index (χ0v) is 20.3. The van der Waals surface area contributed by atoms with Gasteiger partial charge < -0.3 is 10.6 Å². The van der Waals surface area contributed by atoms with Gasteiger partial charge in [0.2, 0.25) is 0 Å². The Morgan fingerprint density at radius 1 is 0.833 bits per heavy atom. The number of hydrogen-bond acceptors (Lipinski definition) is 3. The van der Waals surface area contributed by atoms with Crippen molar-refractivity contribution >= 4 is 39.9 Å². The third-order valence-electron chi connectivity index (χ3n) is 5.89. The highest BCUT2D eigenvalue weighted by Crippen LogP contribution is 2.23. The van der Waals surface area contributed by atoms with Gasteiger partial charge in [0.15, 0.2) is 0 Å². The maximum Gasteiger partial charge on any atom is 0.323 e. The molecule has 1 aromatic heterocycles. The first-order chi connectivity index (χ1) is 17.5. The molecule has 7 heteroatoms. The number of rotatable bonds is 5. The van der Waals surface area contributed by atoms with Gasteiger partial charge in [-0.25, -0.2) is 9.78 Å². The minimum atomic E-state index is -0.388. The molecule has 0 saturated carbocycles. The van der Waals surface area contributed by atoms with Crippen LogP contribution in [0.2, 0.25) is 5.02 Å². The summed E-state index contributed by atoms with van der Waals surface area (Å²) in [6.07, 6.45) is 0. The molecule has 2 amide bonds. The molecule has 0 spiro atoms. The molecule has 0 saturated heterocycles. The minimum Gasteiger partial charge on any atom is -0.308 e. The lowest BCUT2D eigenvalue weighted by molar-refractivity contribution is 0.262. The van der Waals surface area contributed by atoms with Gasteiger partial charge >= 0.3 is 6.03 Å². The number of fused-ring (bicyclic) bond motifs is 1. The van der Waals surface area contributed by atoms with Crippen molar-refractivity contribution in [2.75, 3.05) is 10.6 Å². The monoisotopic (exact) mass is 494 g/mol. The fourth-order valence-electron chi connectivity index (χ4n) is 4.06. The maximum atomic E-state index is 13.4. The van der Waals surface area contributed by atoms with E-state index in [0.29, 0.717) is 39.7 Å². The number of aryl methyl sites for hydroxylation is 1. The van der Waals surface area contributed by atoms with Gasteiger partial charge in [0, 0.05) is 16.4 Å². The summed E-state index contributed by atoms with van der Waals surface area (Å²) in [5.74, 6) is 0.619. The fourth-order valence-corrected chi connectivity index (χ4v) is 4.25. The van der Waals surface area contributed by atoms with Crippen molar-refractivity contribution in [1.82, 2.24) is 9.55 Å². The minimum absolute atomic E-state index is 0.163. The molecule has 2 N–H and O–H groups in total. The number of anilines is 2. The molecule has 178 valence electrons. The normalized spacial score (nSPS) is 10.8. The Kier molecular flexibility index (Phi) is 6.52. The van der Waals surface area contributed by atoms with Crippen LogP contribution < -0.4 is 16.2 Å². The van der Waals surface area contributed by atoms with Gasteiger partial charge in [-0.05, 0) is 66.1 Å². The van der Waals surface area contributed by atoms with Crippen molar-refractivity contribution < 1.29 is 4.79 Å². The van der Waals surface area contributed by atoms with Crippen LogP contribution in [0.5, 0.6) is 0 Å². The van der Waals surface area contributed by atoms with Crippen molar-refractivity contribution in [2.45, 2.75) is 13.5 Å². The molecule has 0 unspecified atom stereocenters. The summed E-state index contributed by atoms with van der Waals surface area (Å²) in [4.78, 5) is 30.4. The molecule has 5 aromatic rings. The van der Waals surface area contributed by atoms with Crippen molar-refractivity contribution in [3.8, 4) is 11.1 Å². The van der Waals surface area contributed by atoms with E-state index in [1.807, 2.05) is 73.7 Å². The maximum absolute atomic E-state index is 13.4. The molecule has 0 aliphatic rings. The summed E-state index contributed by atoms with van der Waals surface area (Å²) in [5.41, 5.74) is 4.66. The lowest BCUT2D eigenvalue weighted by atomic mass is 10.0. The summed E-state index contributed by atoms with van der Waals surface area (Å²) in [7, 11) is 0. The van der Waals surface area contributed by atoms with E-state index in [1.165, 1.54) is 0 Å². The average molecular weight is 495 g/mol. The number of halogens is 1. The number of hydrogen-bond donors (Lipinski definition) is 2. The van der Waals surface area contributed by atoms with Crippen LogP contribution in [-0.4, -0.2) is 15.6 Å². The summed E-state index contributed by atoms with van der Waals surface area (Å²) in [6.45, 7) is 2.20. The van der Waals surface area contributed by atoms with E-state index in [4.69, 9.17) is 11.6 Å². The first-order valence-corrected chi connectivity index (χ1v) is 11.8. The summed E-state index contributed by atoms with van der Waals surface area (Å²) in [5, 5.41) is 6.68. The Hall–Kier alpha value is -4.42. The fraction of sp³-hybridized carbons (Fsp3) is 0.0690. The quantitative estimate of drug-likeness (QED) is 0.285. The zero-order valence-electron chi connectivity index (χ0n) is 19.5. The van der Waals surface area contributed by atoms with E-state index in [0.717, 1.165) is 16.7 Å². The molecule has 0 radical (unpaired) electrons. The molecule has 0 fully saturated rings. The summed E-state index contributed by atoms with van der Waals surface area (Å²) < 4.78 is 1.64. The van der Waals surface area contributed by atoms with Gasteiger partial charge in [-0.1, -0.05) is 66.2 Å². The van der Waals surface area contributed by atoms with Gasteiger partial charge in [0.25, 0.3) is 5.56 Å². The molecule has 36 heavy (non-hydrogen) atoms. The molecule has 0 bridgehead atoms. The van der Waals surface area contributed by atoms with Gasteiger partial charge in [-0.3, -0.25) is 9.36 Å². The second-order valence-corrected chi connectivity index (χ2v) is 8.87. The number of nitrogens with one attached hydrogen (secondary N) is 2. The number of aromatic nitrogens is 2. The number of benzene rings is 4. The van der Waals surface area contributed by atoms with Crippen LogP contribution in [0.4, 0.5) is 16.2 Å². The first kappa shape index (κ1) is 23.3. The van der Waals surface area contributed by atoms with Gasteiger partial charge in [0.1, 0.15) is 5.82 Å². The molecule has 1 heterocycles. The molecule has 4 aromatic carbocycles. The number of urea groups is 1. The molecule has 5 rings (SSSR count). The number of amides is 2. The van der Waals surface area contributed by atoms with Crippen LogP contribution in [0.15, 0.2) is 102 Å². The summed E-state index contributed by atoms with van der Waals surface area (Å²) >= 11 is 6.12. The van der Waals surface area contributed by atoms with Crippen LogP contribution in [0.1, 0.15) is 11.4 Å². The molecule has 0 atom stereocenters. The third kappa shape index (κ3) is 5.14. The van der Waals surface area contributed by atoms with Gasteiger partial charge in [-0.15, -0.1) is 0 Å². The van der Waals surface area contributed by atoms with E-state index < -0.39 is 0 Å². The number of carbonyl (C=O) groups excluding carboxylic acids is 1. The SMILES string of the molecule is Cc1nc2ccc(NC(=O)Nc3ccccc3)cc2c(=O)n1Cc1ccc(-c2cccc(Cl)c2)cc1. The molecule has 0 aliphatic carbocycles. The molecular formula is C29H23ClN4O2. The Bertz CT molecular complexity index is 1610. The molecule has 6 nitrogen and oxygen atoms in total. The predicted octanol–water partition coefficient (Wildman–Crippen LogP) is 6.72. The molecule has 0 aliphatic heterocycles. The second kappa shape index (κ2) is 10.1. The van der Waals surface area contributed by atoms with Crippen LogP contribution in [-0.2, 0) is 6.54 Å². The third-order valence-corrected chi connectivity index (χ3v) is 6.12.